The Kier molecular flexibility index (Phi) is 4.77. The molecule has 122 valence electrons. The quantitative estimate of drug-likeness (QED) is 0.829. The van der Waals surface area contributed by atoms with E-state index in [1.54, 1.807) is 0 Å². The third-order valence-corrected chi connectivity index (χ3v) is 4.97. The van der Waals surface area contributed by atoms with Gasteiger partial charge in [0.1, 0.15) is 11.3 Å². The lowest BCUT2D eigenvalue weighted by atomic mass is 9.86. The molecule has 0 aliphatic heterocycles. The highest BCUT2D eigenvalue weighted by Crippen LogP contribution is 2.34. The summed E-state index contributed by atoms with van der Waals surface area (Å²) in [5.74, 6) is 1.31. The molecule has 4 nitrogen and oxygen atoms in total. The summed E-state index contributed by atoms with van der Waals surface area (Å²) in [6.45, 7) is 0.734. The summed E-state index contributed by atoms with van der Waals surface area (Å²) >= 11 is 6.26. The summed E-state index contributed by atoms with van der Waals surface area (Å²) < 4.78 is 5.76. The predicted molar refractivity (Wildman–Crippen MR) is 88.3 cm³/mol. The molecule has 2 aliphatic rings. The maximum absolute atomic E-state index is 11.9. The van der Waals surface area contributed by atoms with Crippen LogP contribution in [0.3, 0.4) is 0 Å². The Morgan fingerprint density at radius 3 is 2.78 bits per heavy atom. The van der Waals surface area contributed by atoms with Crippen molar-refractivity contribution in [2.45, 2.75) is 50.5 Å². The van der Waals surface area contributed by atoms with Crippen molar-refractivity contribution in [1.29, 1.82) is 5.26 Å². The Morgan fingerprint density at radius 1 is 1.43 bits per heavy atom. The van der Waals surface area contributed by atoms with Crippen LogP contribution in [0.2, 0.25) is 5.02 Å². The number of benzene rings is 1. The van der Waals surface area contributed by atoms with Gasteiger partial charge in [0.2, 0.25) is 5.91 Å². The Morgan fingerprint density at radius 2 is 2.22 bits per heavy atom. The summed E-state index contributed by atoms with van der Waals surface area (Å²) in [6.07, 6.45) is 6.28. The molecule has 3 rings (SSSR count). The Bertz CT molecular complexity index is 630. The number of carbonyl (C=O) groups excluding carboxylic acids is 1. The fourth-order valence-corrected chi connectivity index (χ4v) is 2.92. The number of nitrogens with zero attached hydrogens (tertiary/aromatic N) is 1. The molecule has 1 amide bonds. The van der Waals surface area contributed by atoms with Crippen molar-refractivity contribution in [3.05, 3.63) is 28.8 Å². The predicted octanol–water partition coefficient (Wildman–Crippen LogP) is 3.62. The molecule has 1 aromatic carbocycles. The van der Waals surface area contributed by atoms with Crippen molar-refractivity contribution in [2.75, 3.05) is 6.61 Å². The van der Waals surface area contributed by atoms with Crippen LogP contribution < -0.4 is 10.1 Å². The molecule has 5 heteroatoms. The molecule has 2 saturated carbocycles. The van der Waals surface area contributed by atoms with Gasteiger partial charge in [-0.1, -0.05) is 24.1 Å². The van der Waals surface area contributed by atoms with E-state index in [0.717, 1.165) is 25.0 Å². The lowest BCUT2D eigenvalue weighted by molar-refractivity contribution is -0.121. The van der Waals surface area contributed by atoms with E-state index in [-0.39, 0.29) is 5.91 Å². The number of halogens is 1. The zero-order valence-corrected chi connectivity index (χ0v) is 13.9. The highest BCUT2D eigenvalue weighted by molar-refractivity contribution is 6.32. The van der Waals surface area contributed by atoms with Crippen molar-refractivity contribution < 1.29 is 9.53 Å². The number of aryl methyl sites for hydroxylation is 1. The van der Waals surface area contributed by atoms with Gasteiger partial charge in [-0.3, -0.25) is 4.79 Å². The van der Waals surface area contributed by atoms with Crippen molar-refractivity contribution >= 4 is 17.5 Å². The van der Waals surface area contributed by atoms with E-state index < -0.39 is 5.54 Å². The van der Waals surface area contributed by atoms with Gasteiger partial charge in [-0.15, -0.1) is 0 Å². The second-order valence-corrected chi connectivity index (χ2v) is 7.02. The molecule has 0 aromatic heterocycles. The minimum absolute atomic E-state index is 0.0783. The molecule has 2 fully saturated rings. The van der Waals surface area contributed by atoms with Crippen molar-refractivity contribution in [3.63, 3.8) is 0 Å². The smallest absolute Gasteiger partial charge is 0.221 e. The highest BCUT2D eigenvalue weighted by atomic mass is 35.5. The summed E-state index contributed by atoms with van der Waals surface area (Å²) in [4.78, 5) is 11.9. The molecule has 0 saturated heterocycles. The lowest BCUT2D eigenvalue weighted by Crippen LogP contribution is -2.35. The first-order valence-electron chi connectivity index (χ1n) is 8.24. The molecule has 2 aliphatic carbocycles. The lowest BCUT2D eigenvalue weighted by Gasteiger charge is -2.25. The molecule has 0 heterocycles. The van der Waals surface area contributed by atoms with Gasteiger partial charge in [-0.25, -0.2) is 0 Å². The number of amides is 1. The highest BCUT2D eigenvalue weighted by Gasteiger charge is 2.44. The van der Waals surface area contributed by atoms with E-state index in [1.807, 2.05) is 18.2 Å². The van der Waals surface area contributed by atoms with E-state index >= 15 is 0 Å². The van der Waals surface area contributed by atoms with Crippen LogP contribution in [0.25, 0.3) is 0 Å². The van der Waals surface area contributed by atoms with Crippen LogP contribution in [-0.2, 0) is 11.2 Å². The van der Waals surface area contributed by atoms with Crippen LogP contribution in [-0.4, -0.2) is 18.1 Å². The minimum atomic E-state index is -0.589. The van der Waals surface area contributed by atoms with Crippen LogP contribution in [0.5, 0.6) is 5.75 Å². The molecule has 0 radical (unpaired) electrons. The number of hydrogen-bond donors (Lipinski definition) is 1. The van der Waals surface area contributed by atoms with Crippen LogP contribution in [0.1, 0.15) is 44.1 Å². The molecule has 0 bridgehead atoms. The maximum atomic E-state index is 11.9. The standard InChI is InChI=1S/C18H21ClN2O2/c19-15-10-13(4-6-16(15)23-11-14-2-1-3-14)5-7-17(22)21-18(12-20)8-9-18/h4,6,10,14H,1-3,5,7-9,11H2,(H,21,22). The normalized spacial score (nSPS) is 18.6. The maximum Gasteiger partial charge on any atom is 0.221 e. The van der Waals surface area contributed by atoms with Crippen LogP contribution in [0.15, 0.2) is 18.2 Å². The Balaban J connectivity index is 1.47. The van der Waals surface area contributed by atoms with Gasteiger partial charge in [0.25, 0.3) is 0 Å². The van der Waals surface area contributed by atoms with Crippen LogP contribution in [0.4, 0.5) is 0 Å². The molecular weight excluding hydrogens is 312 g/mol. The number of nitriles is 1. The van der Waals surface area contributed by atoms with E-state index in [9.17, 15) is 4.79 Å². The van der Waals surface area contributed by atoms with Gasteiger partial charge in [0.05, 0.1) is 17.7 Å². The van der Waals surface area contributed by atoms with Gasteiger partial charge in [-0.05, 0) is 55.7 Å². The third kappa shape index (κ3) is 4.17. The minimum Gasteiger partial charge on any atom is -0.492 e. The molecule has 1 N–H and O–H groups in total. The molecule has 0 atom stereocenters. The number of rotatable bonds is 7. The fourth-order valence-electron chi connectivity index (χ4n) is 2.66. The molecular formula is C18H21ClN2O2. The average molecular weight is 333 g/mol. The van der Waals surface area contributed by atoms with E-state index in [2.05, 4.69) is 11.4 Å². The van der Waals surface area contributed by atoms with Gasteiger partial charge < -0.3 is 10.1 Å². The third-order valence-electron chi connectivity index (χ3n) is 4.68. The van der Waals surface area contributed by atoms with Crippen LogP contribution >= 0.6 is 11.6 Å². The second kappa shape index (κ2) is 6.80. The first-order chi connectivity index (χ1) is 11.1. The molecule has 1 aromatic rings. The van der Waals surface area contributed by atoms with E-state index in [1.165, 1.54) is 19.3 Å². The summed E-state index contributed by atoms with van der Waals surface area (Å²) in [7, 11) is 0. The number of carbonyl (C=O) groups is 1. The van der Waals surface area contributed by atoms with E-state index in [0.29, 0.717) is 29.5 Å². The van der Waals surface area contributed by atoms with E-state index in [4.69, 9.17) is 21.6 Å². The zero-order valence-electron chi connectivity index (χ0n) is 13.1. The second-order valence-electron chi connectivity index (χ2n) is 6.61. The van der Waals surface area contributed by atoms with Crippen molar-refractivity contribution in [3.8, 4) is 11.8 Å². The van der Waals surface area contributed by atoms with Crippen LogP contribution in [0, 0.1) is 17.2 Å². The fraction of sp³-hybridized carbons (Fsp3) is 0.556. The number of hydrogen-bond acceptors (Lipinski definition) is 3. The van der Waals surface area contributed by atoms with Gasteiger partial charge in [0.15, 0.2) is 0 Å². The van der Waals surface area contributed by atoms with Crippen molar-refractivity contribution in [1.82, 2.24) is 5.32 Å². The summed E-state index contributed by atoms with van der Waals surface area (Å²) in [5, 5.41) is 12.4. The Hall–Kier alpha value is -1.73. The SMILES string of the molecule is N#CC1(NC(=O)CCc2ccc(OCC3CCC3)c(Cl)c2)CC1. The topological polar surface area (TPSA) is 62.1 Å². The Labute approximate surface area is 141 Å². The van der Waals surface area contributed by atoms with Crippen molar-refractivity contribution in [2.24, 2.45) is 5.92 Å². The molecule has 0 unspecified atom stereocenters. The summed E-state index contributed by atoms with van der Waals surface area (Å²) in [5.41, 5.74) is 0.413. The zero-order chi connectivity index (χ0) is 16.3. The van der Waals surface area contributed by atoms with Gasteiger partial charge in [0, 0.05) is 6.42 Å². The number of ether oxygens (including phenoxy) is 1. The largest absolute Gasteiger partial charge is 0.492 e. The molecule has 0 spiro atoms. The molecule has 23 heavy (non-hydrogen) atoms. The first kappa shape index (κ1) is 16.1. The van der Waals surface area contributed by atoms with Gasteiger partial charge in [-0.2, -0.15) is 5.26 Å². The average Bonchev–Trinajstić information content (AvgIpc) is 3.25. The number of nitrogens with one attached hydrogen (secondary N) is 1. The summed E-state index contributed by atoms with van der Waals surface area (Å²) in [6, 6.07) is 7.86. The monoisotopic (exact) mass is 332 g/mol. The first-order valence-corrected chi connectivity index (χ1v) is 8.61. The van der Waals surface area contributed by atoms with Gasteiger partial charge >= 0.3 is 0 Å².